The molecule has 0 bridgehead atoms. The average Bonchev–Trinajstić information content (AvgIpc) is 3.17. The number of hydrogen-bond donors (Lipinski definition) is 2. The van der Waals surface area contributed by atoms with Crippen molar-refractivity contribution in [1.29, 1.82) is 0 Å². The fourth-order valence-electron chi connectivity index (χ4n) is 2.51. The number of carbonyl (C=O) groups is 1. The van der Waals surface area contributed by atoms with Gasteiger partial charge in [0.2, 0.25) is 5.91 Å². The summed E-state index contributed by atoms with van der Waals surface area (Å²) in [6.45, 7) is 2.48. The summed E-state index contributed by atoms with van der Waals surface area (Å²) in [4.78, 5) is 12.8. The Kier molecular flexibility index (Phi) is 5.52. The van der Waals surface area contributed by atoms with E-state index >= 15 is 0 Å². The van der Waals surface area contributed by atoms with E-state index in [9.17, 15) is 9.18 Å². The third-order valence-corrected chi connectivity index (χ3v) is 3.78. The summed E-state index contributed by atoms with van der Waals surface area (Å²) in [5.74, 6) is -0.265. The highest BCUT2D eigenvalue weighted by molar-refractivity contribution is 5.95. The standard InChI is InChI=1S/C18H18FN5O2/c1-2-26-15-9-7-14(8-10-15)20-18(25)16(17-21-23-24-22-17)11-12-3-5-13(19)6-4-12/h3-10,16H,2,11H2,1H3,(H,20,25)(H,21,22,23,24)/t16-/m0/s1. The number of aromatic amines is 1. The molecule has 26 heavy (non-hydrogen) atoms. The minimum Gasteiger partial charge on any atom is -0.494 e. The Morgan fingerprint density at radius 2 is 1.92 bits per heavy atom. The Hall–Kier alpha value is -3.29. The molecule has 1 amide bonds. The molecule has 0 aliphatic heterocycles. The van der Waals surface area contributed by atoms with Gasteiger partial charge in [-0.3, -0.25) is 4.79 Å². The van der Waals surface area contributed by atoms with Crippen molar-refractivity contribution < 1.29 is 13.9 Å². The van der Waals surface area contributed by atoms with Gasteiger partial charge >= 0.3 is 0 Å². The molecular weight excluding hydrogens is 337 g/mol. The number of rotatable bonds is 7. The van der Waals surface area contributed by atoms with E-state index in [1.165, 1.54) is 12.1 Å². The topological polar surface area (TPSA) is 92.8 Å². The number of ether oxygens (including phenoxy) is 1. The molecule has 134 valence electrons. The van der Waals surface area contributed by atoms with Crippen molar-refractivity contribution in [2.24, 2.45) is 0 Å². The number of amides is 1. The van der Waals surface area contributed by atoms with Gasteiger partial charge in [0, 0.05) is 5.69 Å². The van der Waals surface area contributed by atoms with E-state index in [0.717, 1.165) is 11.3 Å². The third kappa shape index (κ3) is 4.41. The number of carbonyl (C=O) groups excluding carboxylic acids is 1. The number of hydrogen-bond acceptors (Lipinski definition) is 5. The maximum Gasteiger partial charge on any atom is 0.235 e. The predicted octanol–water partition coefficient (Wildman–Crippen LogP) is 2.70. The first kappa shape index (κ1) is 17.5. The van der Waals surface area contributed by atoms with Crippen LogP contribution in [0, 0.1) is 5.82 Å². The fraction of sp³-hybridized carbons (Fsp3) is 0.222. The number of halogens is 1. The lowest BCUT2D eigenvalue weighted by atomic mass is 9.97. The molecule has 0 spiro atoms. The monoisotopic (exact) mass is 355 g/mol. The largest absolute Gasteiger partial charge is 0.494 e. The minimum atomic E-state index is -0.661. The molecule has 3 rings (SSSR count). The van der Waals surface area contributed by atoms with E-state index in [0.29, 0.717) is 18.7 Å². The molecule has 1 aromatic heterocycles. The Balaban J connectivity index is 1.75. The number of tetrazole rings is 1. The first-order chi connectivity index (χ1) is 12.7. The van der Waals surface area contributed by atoms with Crippen LogP contribution in [0.5, 0.6) is 5.75 Å². The maximum absolute atomic E-state index is 13.1. The fourth-order valence-corrected chi connectivity index (χ4v) is 2.51. The van der Waals surface area contributed by atoms with E-state index < -0.39 is 5.92 Å². The van der Waals surface area contributed by atoms with Crippen LogP contribution in [0.2, 0.25) is 0 Å². The molecule has 0 fully saturated rings. The summed E-state index contributed by atoms with van der Waals surface area (Å²) in [6, 6.07) is 13.0. The molecule has 1 heterocycles. The van der Waals surface area contributed by atoms with Gasteiger partial charge in [-0.25, -0.2) is 4.39 Å². The Morgan fingerprint density at radius 3 is 2.54 bits per heavy atom. The van der Waals surface area contributed by atoms with Gasteiger partial charge < -0.3 is 10.1 Å². The smallest absolute Gasteiger partial charge is 0.235 e. The normalized spacial score (nSPS) is 11.8. The molecular formula is C18H18FN5O2. The van der Waals surface area contributed by atoms with Crippen LogP contribution in [-0.2, 0) is 11.2 Å². The number of nitrogens with zero attached hydrogens (tertiary/aromatic N) is 3. The van der Waals surface area contributed by atoms with Gasteiger partial charge in [0.25, 0.3) is 0 Å². The van der Waals surface area contributed by atoms with Crippen LogP contribution in [0.4, 0.5) is 10.1 Å². The molecule has 0 aliphatic rings. The van der Waals surface area contributed by atoms with Crippen LogP contribution < -0.4 is 10.1 Å². The lowest BCUT2D eigenvalue weighted by Gasteiger charge is -2.14. The van der Waals surface area contributed by atoms with Crippen molar-refractivity contribution >= 4 is 11.6 Å². The van der Waals surface area contributed by atoms with E-state index in [2.05, 4.69) is 25.9 Å². The number of anilines is 1. The van der Waals surface area contributed by atoms with Crippen LogP contribution >= 0.6 is 0 Å². The van der Waals surface area contributed by atoms with Crippen LogP contribution in [0.3, 0.4) is 0 Å². The van der Waals surface area contributed by atoms with Crippen LogP contribution in [0.25, 0.3) is 0 Å². The van der Waals surface area contributed by atoms with Crippen LogP contribution in [0.15, 0.2) is 48.5 Å². The summed E-state index contributed by atoms with van der Waals surface area (Å²) in [7, 11) is 0. The third-order valence-electron chi connectivity index (χ3n) is 3.78. The molecule has 0 aliphatic carbocycles. The van der Waals surface area contributed by atoms with E-state index in [-0.39, 0.29) is 17.5 Å². The van der Waals surface area contributed by atoms with E-state index in [1.807, 2.05) is 6.92 Å². The molecule has 2 aromatic carbocycles. The minimum absolute atomic E-state index is 0.276. The van der Waals surface area contributed by atoms with Crippen LogP contribution in [-0.4, -0.2) is 33.1 Å². The first-order valence-electron chi connectivity index (χ1n) is 8.17. The summed E-state index contributed by atoms with van der Waals surface area (Å²) in [5, 5.41) is 16.6. The van der Waals surface area contributed by atoms with E-state index in [1.54, 1.807) is 36.4 Å². The van der Waals surface area contributed by atoms with Gasteiger partial charge in [-0.1, -0.05) is 17.3 Å². The second-order valence-electron chi connectivity index (χ2n) is 5.60. The molecule has 0 unspecified atom stereocenters. The second-order valence-corrected chi connectivity index (χ2v) is 5.60. The summed E-state index contributed by atoms with van der Waals surface area (Å²) >= 11 is 0. The Bertz CT molecular complexity index is 835. The van der Waals surface area contributed by atoms with Crippen molar-refractivity contribution in [3.05, 3.63) is 65.7 Å². The van der Waals surface area contributed by atoms with Gasteiger partial charge in [-0.2, -0.15) is 5.21 Å². The van der Waals surface area contributed by atoms with Crippen molar-refractivity contribution in [2.45, 2.75) is 19.3 Å². The zero-order valence-electron chi connectivity index (χ0n) is 14.1. The van der Waals surface area contributed by atoms with Crippen molar-refractivity contribution in [1.82, 2.24) is 20.6 Å². The molecule has 2 N–H and O–H groups in total. The first-order valence-corrected chi connectivity index (χ1v) is 8.17. The van der Waals surface area contributed by atoms with Crippen molar-refractivity contribution in [2.75, 3.05) is 11.9 Å². The van der Waals surface area contributed by atoms with Crippen molar-refractivity contribution in [3.8, 4) is 5.75 Å². The molecule has 8 heteroatoms. The number of aromatic nitrogens is 4. The zero-order chi connectivity index (χ0) is 18.4. The zero-order valence-corrected chi connectivity index (χ0v) is 14.1. The summed E-state index contributed by atoms with van der Waals surface area (Å²) in [6.07, 6.45) is 0.322. The number of benzene rings is 2. The highest BCUT2D eigenvalue weighted by atomic mass is 19.1. The van der Waals surface area contributed by atoms with Gasteiger partial charge in [0.15, 0.2) is 5.82 Å². The highest BCUT2D eigenvalue weighted by Crippen LogP contribution is 2.21. The maximum atomic E-state index is 13.1. The lowest BCUT2D eigenvalue weighted by Crippen LogP contribution is -2.24. The van der Waals surface area contributed by atoms with E-state index in [4.69, 9.17) is 4.74 Å². The quantitative estimate of drug-likeness (QED) is 0.680. The molecule has 3 aromatic rings. The second kappa shape index (κ2) is 8.19. The lowest BCUT2D eigenvalue weighted by molar-refractivity contribution is -0.117. The van der Waals surface area contributed by atoms with Crippen molar-refractivity contribution in [3.63, 3.8) is 0 Å². The Morgan fingerprint density at radius 1 is 1.19 bits per heavy atom. The number of nitrogens with one attached hydrogen (secondary N) is 2. The molecule has 0 radical (unpaired) electrons. The predicted molar refractivity (Wildman–Crippen MR) is 93.3 cm³/mol. The Labute approximate surface area is 149 Å². The molecule has 0 saturated carbocycles. The van der Waals surface area contributed by atoms with Gasteiger partial charge in [0.05, 0.1) is 6.61 Å². The van der Waals surface area contributed by atoms with Gasteiger partial charge in [-0.15, -0.1) is 10.2 Å². The SMILES string of the molecule is CCOc1ccc(NC(=O)[C@@H](Cc2ccc(F)cc2)c2nn[nH]n2)cc1. The van der Waals surface area contributed by atoms with Gasteiger partial charge in [-0.05, 0) is 55.3 Å². The molecule has 0 saturated heterocycles. The molecule has 7 nitrogen and oxygen atoms in total. The number of H-pyrrole nitrogens is 1. The summed E-state index contributed by atoms with van der Waals surface area (Å²) < 4.78 is 18.5. The summed E-state index contributed by atoms with van der Waals surface area (Å²) in [5.41, 5.74) is 1.43. The van der Waals surface area contributed by atoms with Crippen LogP contribution in [0.1, 0.15) is 24.2 Å². The van der Waals surface area contributed by atoms with Gasteiger partial charge in [0.1, 0.15) is 17.5 Å². The highest BCUT2D eigenvalue weighted by Gasteiger charge is 2.25. The molecule has 1 atom stereocenters. The average molecular weight is 355 g/mol.